The Hall–Kier alpha value is -2.56. The Morgan fingerprint density at radius 3 is 2.00 bits per heavy atom. The SMILES string of the molecule is CCNC(=NCc1cc(OC)c(OC)c(OC)c1)NCc1ccc(OC)c(O)c1.I. The zero-order valence-electron chi connectivity index (χ0n) is 17.9. The number of hydrogen-bond donors (Lipinski definition) is 3. The zero-order chi connectivity index (χ0) is 21.2. The highest BCUT2D eigenvalue weighted by Gasteiger charge is 2.13. The maximum absolute atomic E-state index is 9.92. The summed E-state index contributed by atoms with van der Waals surface area (Å²) in [6, 6.07) is 9.01. The summed E-state index contributed by atoms with van der Waals surface area (Å²) >= 11 is 0. The number of nitrogens with zero attached hydrogens (tertiary/aromatic N) is 1. The van der Waals surface area contributed by atoms with E-state index in [-0.39, 0.29) is 29.7 Å². The van der Waals surface area contributed by atoms with E-state index in [0.29, 0.717) is 42.0 Å². The fourth-order valence-corrected chi connectivity index (χ4v) is 2.77. The van der Waals surface area contributed by atoms with Gasteiger partial charge in [0.05, 0.1) is 35.0 Å². The molecule has 0 saturated heterocycles. The number of rotatable bonds is 9. The van der Waals surface area contributed by atoms with Crippen molar-refractivity contribution in [3.8, 4) is 28.7 Å². The van der Waals surface area contributed by atoms with Crippen LogP contribution in [0.1, 0.15) is 18.1 Å². The molecule has 0 bridgehead atoms. The predicted molar refractivity (Wildman–Crippen MR) is 128 cm³/mol. The van der Waals surface area contributed by atoms with Crippen molar-refractivity contribution >= 4 is 29.9 Å². The Morgan fingerprint density at radius 1 is 0.867 bits per heavy atom. The molecule has 0 aliphatic carbocycles. The first-order valence-electron chi connectivity index (χ1n) is 9.23. The lowest BCUT2D eigenvalue weighted by Gasteiger charge is -2.14. The van der Waals surface area contributed by atoms with Crippen molar-refractivity contribution < 1.29 is 24.1 Å². The average Bonchev–Trinajstić information content (AvgIpc) is 2.74. The van der Waals surface area contributed by atoms with Gasteiger partial charge in [-0.1, -0.05) is 6.07 Å². The first-order chi connectivity index (χ1) is 14.1. The topological polar surface area (TPSA) is 93.6 Å². The van der Waals surface area contributed by atoms with E-state index in [9.17, 15) is 5.11 Å². The van der Waals surface area contributed by atoms with Gasteiger partial charge in [0.2, 0.25) is 5.75 Å². The van der Waals surface area contributed by atoms with Crippen molar-refractivity contribution in [2.24, 2.45) is 4.99 Å². The van der Waals surface area contributed by atoms with Crippen LogP contribution in [0.5, 0.6) is 28.7 Å². The second kappa shape index (κ2) is 12.9. The Bertz CT molecular complexity index is 820. The van der Waals surface area contributed by atoms with Crippen molar-refractivity contribution in [1.29, 1.82) is 0 Å². The summed E-state index contributed by atoms with van der Waals surface area (Å²) in [7, 11) is 6.26. The minimum atomic E-state index is 0. The number of halogens is 1. The van der Waals surface area contributed by atoms with Gasteiger partial charge in [0, 0.05) is 13.1 Å². The molecule has 0 spiro atoms. The molecule has 0 heterocycles. The van der Waals surface area contributed by atoms with E-state index in [1.165, 1.54) is 7.11 Å². The number of benzene rings is 2. The van der Waals surface area contributed by atoms with Gasteiger partial charge in [-0.2, -0.15) is 0 Å². The molecule has 0 radical (unpaired) electrons. The minimum absolute atomic E-state index is 0. The molecule has 9 heteroatoms. The van der Waals surface area contributed by atoms with E-state index < -0.39 is 0 Å². The number of phenolic OH excluding ortho intramolecular Hbond substituents is 1. The van der Waals surface area contributed by atoms with Gasteiger partial charge < -0.3 is 34.7 Å². The van der Waals surface area contributed by atoms with E-state index >= 15 is 0 Å². The first kappa shape index (κ1) is 25.5. The molecule has 0 aromatic heterocycles. The zero-order valence-corrected chi connectivity index (χ0v) is 20.3. The molecule has 3 N–H and O–H groups in total. The summed E-state index contributed by atoms with van der Waals surface area (Å²) in [5, 5.41) is 16.4. The van der Waals surface area contributed by atoms with Crippen LogP contribution in [0.4, 0.5) is 0 Å². The summed E-state index contributed by atoms with van der Waals surface area (Å²) in [5.41, 5.74) is 1.82. The molecule has 0 fully saturated rings. The van der Waals surface area contributed by atoms with Gasteiger partial charge in [0.1, 0.15) is 0 Å². The van der Waals surface area contributed by atoms with E-state index in [4.69, 9.17) is 18.9 Å². The number of hydrogen-bond acceptors (Lipinski definition) is 6. The van der Waals surface area contributed by atoms with Crippen LogP contribution in [0.25, 0.3) is 0 Å². The maximum Gasteiger partial charge on any atom is 0.203 e. The second-order valence-electron chi connectivity index (χ2n) is 6.09. The lowest BCUT2D eigenvalue weighted by molar-refractivity contribution is 0.324. The molecule has 0 unspecified atom stereocenters. The number of guanidine groups is 1. The Morgan fingerprint density at radius 2 is 1.50 bits per heavy atom. The molecule has 2 rings (SSSR count). The summed E-state index contributed by atoms with van der Waals surface area (Å²) in [6.45, 7) is 3.63. The van der Waals surface area contributed by atoms with E-state index in [1.54, 1.807) is 33.5 Å². The molecule has 0 aliphatic rings. The molecule has 0 saturated carbocycles. The third-order valence-electron chi connectivity index (χ3n) is 4.19. The van der Waals surface area contributed by atoms with Gasteiger partial charge in [-0.25, -0.2) is 4.99 Å². The molecular formula is C21H30IN3O5. The third kappa shape index (κ3) is 6.75. The fourth-order valence-electron chi connectivity index (χ4n) is 2.77. The molecule has 8 nitrogen and oxygen atoms in total. The van der Waals surface area contributed by atoms with Gasteiger partial charge in [0.25, 0.3) is 0 Å². The minimum Gasteiger partial charge on any atom is -0.504 e. The van der Waals surface area contributed by atoms with Gasteiger partial charge in [-0.3, -0.25) is 0 Å². The van der Waals surface area contributed by atoms with Crippen LogP contribution in [0.2, 0.25) is 0 Å². The standard InChI is InChI=1S/C21H29N3O5.HI/c1-6-22-21(23-12-14-7-8-17(26-2)16(25)9-14)24-13-15-10-18(27-3)20(29-5)19(11-15)28-4;/h7-11,25H,6,12-13H2,1-5H3,(H2,22,23,24);1H. The maximum atomic E-state index is 9.92. The average molecular weight is 531 g/mol. The van der Waals surface area contributed by atoms with E-state index in [0.717, 1.165) is 17.7 Å². The summed E-state index contributed by atoms with van der Waals surface area (Å²) in [5.74, 6) is 2.92. The molecular weight excluding hydrogens is 501 g/mol. The number of aliphatic imine (C=N–C) groups is 1. The smallest absolute Gasteiger partial charge is 0.203 e. The van der Waals surface area contributed by atoms with Crippen molar-refractivity contribution in [2.75, 3.05) is 35.0 Å². The highest BCUT2D eigenvalue weighted by molar-refractivity contribution is 14.0. The third-order valence-corrected chi connectivity index (χ3v) is 4.19. The summed E-state index contributed by atoms with van der Waals surface area (Å²) in [4.78, 5) is 4.62. The fraction of sp³-hybridized carbons (Fsp3) is 0.381. The first-order valence-corrected chi connectivity index (χ1v) is 9.23. The largest absolute Gasteiger partial charge is 0.504 e. The highest BCUT2D eigenvalue weighted by Crippen LogP contribution is 2.38. The highest BCUT2D eigenvalue weighted by atomic mass is 127. The second-order valence-corrected chi connectivity index (χ2v) is 6.09. The molecule has 2 aromatic rings. The Balaban J connectivity index is 0.00000450. The summed E-state index contributed by atoms with van der Waals surface area (Å²) < 4.78 is 21.2. The number of phenols is 1. The normalized spacial score (nSPS) is 10.6. The van der Waals surface area contributed by atoms with Crippen LogP contribution in [-0.2, 0) is 13.1 Å². The van der Waals surface area contributed by atoms with E-state index in [1.807, 2.05) is 25.1 Å². The Labute approximate surface area is 194 Å². The van der Waals surface area contributed by atoms with Gasteiger partial charge in [0.15, 0.2) is 29.0 Å². The van der Waals surface area contributed by atoms with E-state index in [2.05, 4.69) is 15.6 Å². The van der Waals surface area contributed by atoms with Crippen LogP contribution >= 0.6 is 24.0 Å². The number of nitrogens with one attached hydrogen (secondary N) is 2. The van der Waals surface area contributed by atoms with Crippen molar-refractivity contribution in [2.45, 2.75) is 20.0 Å². The van der Waals surface area contributed by atoms with Gasteiger partial charge in [-0.05, 0) is 42.3 Å². The monoisotopic (exact) mass is 531 g/mol. The molecule has 0 amide bonds. The lowest BCUT2D eigenvalue weighted by atomic mass is 10.2. The van der Waals surface area contributed by atoms with Crippen molar-refractivity contribution in [3.63, 3.8) is 0 Å². The van der Waals surface area contributed by atoms with Crippen molar-refractivity contribution in [1.82, 2.24) is 10.6 Å². The van der Waals surface area contributed by atoms with Crippen LogP contribution < -0.4 is 29.6 Å². The Kier molecular flexibility index (Phi) is 10.9. The molecule has 0 aliphatic heterocycles. The lowest BCUT2D eigenvalue weighted by Crippen LogP contribution is -2.36. The van der Waals surface area contributed by atoms with Crippen LogP contribution in [0.15, 0.2) is 35.3 Å². The number of aromatic hydroxyl groups is 1. The van der Waals surface area contributed by atoms with Crippen LogP contribution in [0, 0.1) is 0 Å². The molecule has 2 aromatic carbocycles. The number of ether oxygens (including phenoxy) is 4. The van der Waals surface area contributed by atoms with Crippen LogP contribution in [-0.4, -0.2) is 46.1 Å². The predicted octanol–water partition coefficient (Wildman–Crippen LogP) is 3.30. The summed E-state index contributed by atoms with van der Waals surface area (Å²) in [6.07, 6.45) is 0. The number of methoxy groups -OCH3 is 4. The van der Waals surface area contributed by atoms with Crippen LogP contribution in [0.3, 0.4) is 0 Å². The molecule has 166 valence electrons. The van der Waals surface area contributed by atoms with Crippen molar-refractivity contribution in [3.05, 3.63) is 41.5 Å². The van der Waals surface area contributed by atoms with Gasteiger partial charge in [-0.15, -0.1) is 24.0 Å². The molecule has 0 atom stereocenters. The quantitative estimate of drug-likeness (QED) is 0.260. The molecule has 30 heavy (non-hydrogen) atoms. The van der Waals surface area contributed by atoms with Gasteiger partial charge >= 0.3 is 0 Å².